The highest BCUT2D eigenvalue weighted by atomic mass is 16.5. The predicted molar refractivity (Wildman–Crippen MR) is 86.0 cm³/mol. The van der Waals surface area contributed by atoms with Crippen molar-refractivity contribution in [2.75, 3.05) is 27.9 Å². The molecule has 132 valence electrons. The summed E-state index contributed by atoms with van der Waals surface area (Å²) in [5.41, 5.74) is 0.726. The van der Waals surface area contributed by atoms with Crippen molar-refractivity contribution in [3.05, 3.63) is 23.8 Å². The van der Waals surface area contributed by atoms with E-state index in [0.717, 1.165) is 12.0 Å². The highest BCUT2D eigenvalue weighted by Gasteiger charge is 2.27. The summed E-state index contributed by atoms with van der Waals surface area (Å²) in [6.45, 7) is 0.579. The van der Waals surface area contributed by atoms with Crippen LogP contribution in [-0.2, 0) is 19.1 Å². The van der Waals surface area contributed by atoms with E-state index in [-0.39, 0.29) is 12.3 Å². The van der Waals surface area contributed by atoms with Gasteiger partial charge in [-0.15, -0.1) is 0 Å². The van der Waals surface area contributed by atoms with Crippen LogP contribution in [0.1, 0.15) is 30.9 Å². The van der Waals surface area contributed by atoms with Crippen LogP contribution in [0.5, 0.6) is 11.5 Å². The largest absolute Gasteiger partial charge is 0.493 e. The van der Waals surface area contributed by atoms with Crippen LogP contribution in [0.15, 0.2) is 18.2 Å². The van der Waals surface area contributed by atoms with Gasteiger partial charge in [0, 0.05) is 6.61 Å². The molecule has 1 aromatic carbocycles. The first-order valence-electron chi connectivity index (χ1n) is 7.79. The molecule has 1 amide bonds. The lowest BCUT2D eigenvalue weighted by Gasteiger charge is -2.21. The van der Waals surface area contributed by atoms with Crippen LogP contribution < -0.4 is 14.8 Å². The van der Waals surface area contributed by atoms with E-state index in [1.54, 1.807) is 25.3 Å². The van der Waals surface area contributed by atoms with E-state index in [0.29, 0.717) is 24.5 Å². The van der Waals surface area contributed by atoms with E-state index < -0.39 is 18.1 Å². The number of hydrogen-bond donors (Lipinski definition) is 1. The Balaban J connectivity index is 2.21. The number of methoxy groups -OCH3 is 3. The number of hydrogen-bond acceptors (Lipinski definition) is 6. The lowest BCUT2D eigenvalue weighted by atomic mass is 10.0. The molecule has 2 atom stereocenters. The zero-order chi connectivity index (χ0) is 17.5. The maximum Gasteiger partial charge on any atom is 0.307 e. The Hall–Kier alpha value is -2.28. The SMILES string of the molecule is COC(=O)CC(NC(=O)C1CCCO1)c1ccc(OC)c(OC)c1. The Morgan fingerprint density at radius 3 is 2.58 bits per heavy atom. The van der Waals surface area contributed by atoms with Gasteiger partial charge in [-0.25, -0.2) is 0 Å². The van der Waals surface area contributed by atoms with Crippen molar-refractivity contribution in [2.45, 2.75) is 31.4 Å². The third-order valence-corrected chi connectivity index (χ3v) is 3.95. The first-order valence-corrected chi connectivity index (χ1v) is 7.79. The normalized spacial score (nSPS) is 17.9. The van der Waals surface area contributed by atoms with Gasteiger partial charge < -0.3 is 24.3 Å². The van der Waals surface area contributed by atoms with Gasteiger partial charge in [-0.3, -0.25) is 9.59 Å². The van der Waals surface area contributed by atoms with Crippen molar-refractivity contribution in [3.63, 3.8) is 0 Å². The van der Waals surface area contributed by atoms with Crippen LogP contribution in [0.25, 0.3) is 0 Å². The van der Waals surface area contributed by atoms with Gasteiger partial charge in [-0.05, 0) is 30.5 Å². The molecule has 2 unspecified atom stereocenters. The summed E-state index contributed by atoms with van der Waals surface area (Å²) in [7, 11) is 4.39. The van der Waals surface area contributed by atoms with Gasteiger partial charge in [-0.2, -0.15) is 0 Å². The van der Waals surface area contributed by atoms with E-state index in [2.05, 4.69) is 5.32 Å². The second kappa shape index (κ2) is 8.54. The van der Waals surface area contributed by atoms with Crippen molar-refractivity contribution in [1.29, 1.82) is 0 Å². The summed E-state index contributed by atoms with van der Waals surface area (Å²) in [6.07, 6.45) is 1.09. The third kappa shape index (κ3) is 4.38. The van der Waals surface area contributed by atoms with Gasteiger partial charge in [0.2, 0.25) is 5.91 Å². The van der Waals surface area contributed by atoms with Gasteiger partial charge >= 0.3 is 5.97 Å². The minimum Gasteiger partial charge on any atom is -0.493 e. The topological polar surface area (TPSA) is 83.1 Å². The number of rotatable bonds is 7. The Morgan fingerprint density at radius 1 is 1.25 bits per heavy atom. The highest BCUT2D eigenvalue weighted by molar-refractivity contribution is 5.82. The van der Waals surface area contributed by atoms with E-state index in [1.165, 1.54) is 14.2 Å². The monoisotopic (exact) mass is 337 g/mol. The van der Waals surface area contributed by atoms with E-state index in [4.69, 9.17) is 18.9 Å². The van der Waals surface area contributed by atoms with Crippen molar-refractivity contribution < 1.29 is 28.5 Å². The van der Waals surface area contributed by atoms with E-state index >= 15 is 0 Å². The fourth-order valence-electron chi connectivity index (χ4n) is 2.62. The van der Waals surface area contributed by atoms with Gasteiger partial charge in [0.25, 0.3) is 0 Å². The van der Waals surface area contributed by atoms with Gasteiger partial charge in [0.15, 0.2) is 11.5 Å². The molecule has 0 saturated carbocycles. The van der Waals surface area contributed by atoms with Gasteiger partial charge in [0.1, 0.15) is 6.10 Å². The number of carbonyl (C=O) groups excluding carboxylic acids is 2. The predicted octanol–water partition coefficient (Wildman–Crippen LogP) is 1.60. The summed E-state index contributed by atoms with van der Waals surface area (Å²) in [4.78, 5) is 24.0. The molecule has 2 rings (SSSR count). The Morgan fingerprint density at radius 2 is 2.00 bits per heavy atom. The second-order valence-electron chi connectivity index (χ2n) is 5.46. The lowest BCUT2D eigenvalue weighted by Crippen LogP contribution is -2.37. The van der Waals surface area contributed by atoms with Crippen LogP contribution >= 0.6 is 0 Å². The van der Waals surface area contributed by atoms with E-state index in [9.17, 15) is 9.59 Å². The molecular weight excluding hydrogens is 314 g/mol. The molecule has 1 fully saturated rings. The smallest absolute Gasteiger partial charge is 0.307 e. The summed E-state index contributed by atoms with van der Waals surface area (Å²) in [5.74, 6) is 0.457. The molecule has 1 N–H and O–H groups in total. The average Bonchev–Trinajstić information content (AvgIpc) is 3.15. The zero-order valence-corrected chi connectivity index (χ0v) is 14.2. The van der Waals surface area contributed by atoms with Crippen molar-refractivity contribution in [3.8, 4) is 11.5 Å². The molecular formula is C17H23NO6. The molecule has 1 aliphatic rings. The molecule has 0 aromatic heterocycles. The minimum absolute atomic E-state index is 0.0183. The molecule has 0 spiro atoms. The summed E-state index contributed by atoms with van der Waals surface area (Å²) >= 11 is 0. The first-order chi connectivity index (χ1) is 11.6. The average molecular weight is 337 g/mol. The molecule has 0 bridgehead atoms. The molecule has 1 aliphatic heterocycles. The standard InChI is InChI=1S/C17H23NO6/c1-21-13-7-6-11(9-15(13)22-2)12(10-16(19)23-3)18-17(20)14-5-4-8-24-14/h6-7,9,12,14H,4-5,8,10H2,1-3H3,(H,18,20). The number of nitrogens with one attached hydrogen (secondary N) is 1. The number of esters is 1. The van der Waals surface area contributed by atoms with E-state index in [1.807, 2.05) is 0 Å². The Labute approximate surface area is 141 Å². The van der Waals surface area contributed by atoms with Crippen LogP contribution in [0.3, 0.4) is 0 Å². The molecule has 7 heteroatoms. The molecule has 24 heavy (non-hydrogen) atoms. The molecule has 1 saturated heterocycles. The first kappa shape index (κ1) is 18.1. The number of amides is 1. The Bertz CT molecular complexity index is 582. The quantitative estimate of drug-likeness (QED) is 0.761. The molecule has 0 radical (unpaired) electrons. The molecule has 7 nitrogen and oxygen atoms in total. The molecule has 1 heterocycles. The van der Waals surface area contributed by atoms with Gasteiger partial charge in [0.05, 0.1) is 33.8 Å². The molecule has 1 aromatic rings. The zero-order valence-electron chi connectivity index (χ0n) is 14.2. The maximum absolute atomic E-state index is 12.3. The maximum atomic E-state index is 12.3. The van der Waals surface area contributed by atoms with Gasteiger partial charge in [-0.1, -0.05) is 6.07 Å². The van der Waals surface area contributed by atoms with Crippen molar-refractivity contribution in [1.82, 2.24) is 5.32 Å². The number of benzene rings is 1. The minimum atomic E-state index is -0.533. The van der Waals surface area contributed by atoms with Crippen LogP contribution in [-0.4, -0.2) is 45.9 Å². The van der Waals surface area contributed by atoms with Crippen LogP contribution in [0.2, 0.25) is 0 Å². The van der Waals surface area contributed by atoms with Crippen molar-refractivity contribution >= 4 is 11.9 Å². The summed E-state index contributed by atoms with van der Waals surface area (Å²) in [5, 5.41) is 2.87. The Kier molecular flexibility index (Phi) is 6.43. The third-order valence-electron chi connectivity index (χ3n) is 3.95. The fourth-order valence-corrected chi connectivity index (χ4v) is 2.62. The van der Waals surface area contributed by atoms with Crippen molar-refractivity contribution in [2.24, 2.45) is 0 Å². The van der Waals surface area contributed by atoms with Crippen LogP contribution in [0.4, 0.5) is 0 Å². The second-order valence-corrected chi connectivity index (χ2v) is 5.46. The molecule has 0 aliphatic carbocycles. The summed E-state index contributed by atoms with van der Waals surface area (Å²) in [6, 6.07) is 4.72. The van der Waals surface area contributed by atoms with Crippen LogP contribution in [0, 0.1) is 0 Å². The lowest BCUT2D eigenvalue weighted by molar-refractivity contribution is -0.141. The fraction of sp³-hybridized carbons (Fsp3) is 0.529. The highest BCUT2D eigenvalue weighted by Crippen LogP contribution is 2.31. The number of carbonyl (C=O) groups is 2. The summed E-state index contributed by atoms with van der Waals surface area (Å²) < 4.78 is 20.6. The number of ether oxygens (including phenoxy) is 4.